The smallest absolute Gasteiger partial charge is 0.0656 e. The molecule has 0 radical (unpaired) electrons. The van der Waals surface area contributed by atoms with E-state index in [2.05, 4.69) is 34.3 Å². The van der Waals surface area contributed by atoms with Crippen LogP contribution in [0.25, 0.3) is 0 Å². The van der Waals surface area contributed by atoms with Crippen LogP contribution in [-0.4, -0.2) is 13.2 Å². The lowest BCUT2D eigenvalue weighted by Crippen LogP contribution is -2.26. The maximum absolute atomic E-state index is 5.37. The molecule has 0 amide bonds. The SMILES string of the molecule is C=C(C)[C@@H](C)[C@H](OC)C(C)C. The molecule has 0 aliphatic rings. The van der Waals surface area contributed by atoms with E-state index < -0.39 is 0 Å². The van der Waals surface area contributed by atoms with Gasteiger partial charge in [-0.2, -0.15) is 0 Å². The average Bonchev–Trinajstić information content (AvgIpc) is 1.88. The highest BCUT2D eigenvalue weighted by Gasteiger charge is 2.20. The molecule has 66 valence electrons. The standard InChI is InChI=1S/C10H20O/c1-7(2)9(5)10(11-6)8(3)4/h8-10H,1H2,2-6H3/t9-,10-/m1/s1. The van der Waals surface area contributed by atoms with Crippen LogP contribution in [0.1, 0.15) is 27.7 Å². The van der Waals surface area contributed by atoms with Gasteiger partial charge < -0.3 is 4.74 Å². The summed E-state index contributed by atoms with van der Waals surface area (Å²) in [4.78, 5) is 0. The molecule has 0 saturated heterocycles. The summed E-state index contributed by atoms with van der Waals surface area (Å²) in [7, 11) is 1.77. The van der Waals surface area contributed by atoms with Crippen molar-refractivity contribution in [2.45, 2.75) is 33.8 Å². The first-order chi connectivity index (χ1) is 5.00. The number of ether oxygens (including phenoxy) is 1. The van der Waals surface area contributed by atoms with Crippen molar-refractivity contribution in [1.29, 1.82) is 0 Å². The van der Waals surface area contributed by atoms with E-state index >= 15 is 0 Å². The molecule has 0 N–H and O–H groups in total. The Labute approximate surface area is 70.4 Å². The van der Waals surface area contributed by atoms with E-state index in [0.717, 1.165) is 0 Å². The maximum atomic E-state index is 5.37. The maximum Gasteiger partial charge on any atom is 0.0656 e. The van der Waals surface area contributed by atoms with Crippen molar-refractivity contribution in [2.75, 3.05) is 7.11 Å². The molecule has 0 saturated carbocycles. The number of rotatable bonds is 4. The summed E-state index contributed by atoms with van der Waals surface area (Å²) in [6.07, 6.45) is 0.312. The molecule has 0 aromatic rings. The van der Waals surface area contributed by atoms with E-state index in [9.17, 15) is 0 Å². The van der Waals surface area contributed by atoms with Crippen LogP contribution in [0.15, 0.2) is 12.2 Å². The summed E-state index contributed by atoms with van der Waals surface area (Å²) < 4.78 is 5.37. The Morgan fingerprint density at radius 2 is 1.73 bits per heavy atom. The van der Waals surface area contributed by atoms with Crippen molar-refractivity contribution in [3.05, 3.63) is 12.2 Å². The molecular weight excluding hydrogens is 136 g/mol. The van der Waals surface area contributed by atoms with Crippen LogP contribution in [0, 0.1) is 11.8 Å². The number of hydrogen-bond acceptors (Lipinski definition) is 1. The fourth-order valence-electron chi connectivity index (χ4n) is 1.33. The molecule has 0 aliphatic heterocycles. The second kappa shape index (κ2) is 4.55. The normalized spacial score (nSPS) is 16.5. The molecule has 0 bridgehead atoms. The van der Waals surface area contributed by atoms with Gasteiger partial charge in [0, 0.05) is 13.0 Å². The van der Waals surface area contributed by atoms with Crippen LogP contribution >= 0.6 is 0 Å². The zero-order valence-corrected chi connectivity index (χ0v) is 8.35. The predicted octanol–water partition coefficient (Wildman–Crippen LogP) is 2.87. The van der Waals surface area contributed by atoms with Gasteiger partial charge in [-0.25, -0.2) is 0 Å². The predicted molar refractivity (Wildman–Crippen MR) is 49.6 cm³/mol. The summed E-state index contributed by atoms with van der Waals surface area (Å²) in [6, 6.07) is 0. The van der Waals surface area contributed by atoms with E-state index in [1.165, 1.54) is 5.57 Å². The van der Waals surface area contributed by atoms with Crippen LogP contribution < -0.4 is 0 Å². The third kappa shape index (κ3) is 3.06. The Hall–Kier alpha value is -0.300. The number of hydrogen-bond donors (Lipinski definition) is 0. The van der Waals surface area contributed by atoms with Gasteiger partial charge in [0.1, 0.15) is 0 Å². The van der Waals surface area contributed by atoms with Gasteiger partial charge in [-0.3, -0.25) is 0 Å². The third-order valence-corrected chi connectivity index (χ3v) is 2.20. The highest BCUT2D eigenvalue weighted by molar-refractivity contribution is 4.98. The largest absolute Gasteiger partial charge is 0.381 e. The Morgan fingerprint density at radius 3 is 1.82 bits per heavy atom. The number of methoxy groups -OCH3 is 1. The van der Waals surface area contributed by atoms with Gasteiger partial charge >= 0.3 is 0 Å². The minimum Gasteiger partial charge on any atom is -0.381 e. The van der Waals surface area contributed by atoms with Gasteiger partial charge in [-0.15, -0.1) is 0 Å². The van der Waals surface area contributed by atoms with Crippen molar-refractivity contribution >= 4 is 0 Å². The summed E-state index contributed by atoms with van der Waals surface area (Å²) in [5.74, 6) is 1.02. The molecular formula is C10H20O. The van der Waals surface area contributed by atoms with Crippen LogP contribution in [0.5, 0.6) is 0 Å². The first kappa shape index (κ1) is 10.7. The van der Waals surface area contributed by atoms with Crippen molar-refractivity contribution in [1.82, 2.24) is 0 Å². The van der Waals surface area contributed by atoms with Gasteiger partial charge in [0.05, 0.1) is 6.10 Å². The first-order valence-corrected chi connectivity index (χ1v) is 4.18. The van der Waals surface area contributed by atoms with E-state index in [-0.39, 0.29) is 0 Å². The monoisotopic (exact) mass is 156 g/mol. The molecule has 1 heteroatoms. The second-order valence-corrected chi connectivity index (χ2v) is 3.58. The Bertz CT molecular complexity index is 127. The zero-order valence-electron chi connectivity index (χ0n) is 8.35. The molecule has 2 atom stereocenters. The Kier molecular flexibility index (Phi) is 4.43. The first-order valence-electron chi connectivity index (χ1n) is 4.18. The van der Waals surface area contributed by atoms with Gasteiger partial charge in [-0.05, 0) is 12.8 Å². The van der Waals surface area contributed by atoms with E-state index in [0.29, 0.717) is 17.9 Å². The van der Waals surface area contributed by atoms with Crippen molar-refractivity contribution in [3.63, 3.8) is 0 Å². The molecule has 0 spiro atoms. The van der Waals surface area contributed by atoms with Gasteiger partial charge in [0.25, 0.3) is 0 Å². The van der Waals surface area contributed by atoms with Crippen LogP contribution in [-0.2, 0) is 4.74 Å². The lowest BCUT2D eigenvalue weighted by molar-refractivity contribution is 0.0346. The van der Waals surface area contributed by atoms with Crippen molar-refractivity contribution in [3.8, 4) is 0 Å². The van der Waals surface area contributed by atoms with Gasteiger partial charge in [-0.1, -0.05) is 32.9 Å². The third-order valence-electron chi connectivity index (χ3n) is 2.20. The van der Waals surface area contributed by atoms with E-state index in [1.807, 2.05) is 0 Å². The lowest BCUT2D eigenvalue weighted by Gasteiger charge is -2.26. The molecule has 0 aromatic heterocycles. The summed E-state index contributed by atoms with van der Waals surface area (Å²) in [6.45, 7) is 12.5. The molecule has 0 aromatic carbocycles. The molecule has 1 nitrogen and oxygen atoms in total. The fraction of sp³-hybridized carbons (Fsp3) is 0.800. The molecule has 0 fully saturated rings. The highest BCUT2D eigenvalue weighted by atomic mass is 16.5. The van der Waals surface area contributed by atoms with Crippen LogP contribution in [0.2, 0.25) is 0 Å². The average molecular weight is 156 g/mol. The highest BCUT2D eigenvalue weighted by Crippen LogP contribution is 2.21. The van der Waals surface area contributed by atoms with Gasteiger partial charge in [0.15, 0.2) is 0 Å². The lowest BCUT2D eigenvalue weighted by atomic mass is 9.90. The van der Waals surface area contributed by atoms with Crippen LogP contribution in [0.4, 0.5) is 0 Å². The second-order valence-electron chi connectivity index (χ2n) is 3.58. The molecule has 0 heterocycles. The Morgan fingerprint density at radius 1 is 1.27 bits per heavy atom. The minimum absolute atomic E-state index is 0.312. The van der Waals surface area contributed by atoms with E-state index in [1.54, 1.807) is 7.11 Å². The molecule has 11 heavy (non-hydrogen) atoms. The quantitative estimate of drug-likeness (QED) is 0.569. The Balaban J connectivity index is 4.13. The molecule has 0 rings (SSSR count). The topological polar surface area (TPSA) is 9.23 Å². The molecule has 0 unspecified atom stereocenters. The summed E-state index contributed by atoms with van der Waals surface area (Å²) in [5.41, 5.74) is 1.20. The van der Waals surface area contributed by atoms with Crippen molar-refractivity contribution < 1.29 is 4.74 Å². The zero-order chi connectivity index (χ0) is 9.02. The minimum atomic E-state index is 0.312. The fourth-order valence-corrected chi connectivity index (χ4v) is 1.33. The summed E-state index contributed by atoms with van der Waals surface area (Å²) >= 11 is 0. The van der Waals surface area contributed by atoms with E-state index in [4.69, 9.17) is 4.74 Å². The van der Waals surface area contributed by atoms with Crippen LogP contribution in [0.3, 0.4) is 0 Å². The molecule has 0 aliphatic carbocycles. The van der Waals surface area contributed by atoms with Gasteiger partial charge in [0.2, 0.25) is 0 Å². The summed E-state index contributed by atoms with van der Waals surface area (Å²) in [5, 5.41) is 0. The van der Waals surface area contributed by atoms with Crippen molar-refractivity contribution in [2.24, 2.45) is 11.8 Å².